The molecule has 6 heteroatoms. The number of carbonyl (C=O) groups is 1. The van der Waals surface area contributed by atoms with Crippen LogP contribution in [0.25, 0.3) is 22.0 Å². The van der Waals surface area contributed by atoms with Crippen LogP contribution < -0.4 is 4.74 Å². The van der Waals surface area contributed by atoms with Crippen LogP contribution in [0.4, 0.5) is 5.69 Å². The van der Waals surface area contributed by atoms with Crippen molar-refractivity contribution < 1.29 is 14.6 Å². The van der Waals surface area contributed by atoms with Crippen molar-refractivity contribution >= 4 is 22.5 Å². The molecule has 0 unspecified atom stereocenters. The number of nitrogens with one attached hydrogen (secondary N) is 1. The Morgan fingerprint density at radius 2 is 1.69 bits per heavy atom. The van der Waals surface area contributed by atoms with Crippen LogP contribution in [0.5, 0.6) is 11.6 Å². The molecular weight excluding hydrogens is 366 g/mol. The highest BCUT2D eigenvalue weighted by atomic mass is 16.5. The summed E-state index contributed by atoms with van der Waals surface area (Å²) in [5.74, 6) is -0.0967. The average Bonchev–Trinajstić information content (AvgIpc) is 3.08. The summed E-state index contributed by atoms with van der Waals surface area (Å²) in [7, 11) is 0. The molecule has 2 N–H and O–H groups in total. The molecule has 4 aromatic rings. The quantitative estimate of drug-likeness (QED) is 0.442. The lowest BCUT2D eigenvalue weighted by molar-refractivity contribution is -0.120. The van der Waals surface area contributed by atoms with E-state index >= 15 is 0 Å². The lowest BCUT2D eigenvalue weighted by Gasteiger charge is -2.05. The molecule has 0 atom stereocenters. The largest absolute Gasteiger partial charge is 0.493 e. The van der Waals surface area contributed by atoms with Crippen molar-refractivity contribution in [2.45, 2.75) is 6.92 Å². The van der Waals surface area contributed by atoms with Crippen LogP contribution in [0.1, 0.15) is 5.56 Å². The minimum absolute atomic E-state index is 0.122. The van der Waals surface area contributed by atoms with Gasteiger partial charge in [0.05, 0.1) is 5.52 Å². The number of hydrogen-bond acceptors (Lipinski definition) is 4. The molecule has 0 aliphatic heterocycles. The smallest absolute Gasteiger partial charge is 0.302 e. The number of para-hydroxylation sites is 1. The number of rotatable bonds is 5. The van der Waals surface area contributed by atoms with E-state index in [1.807, 2.05) is 67.6 Å². The van der Waals surface area contributed by atoms with Crippen molar-refractivity contribution in [3.8, 4) is 22.8 Å². The van der Waals surface area contributed by atoms with Gasteiger partial charge in [0, 0.05) is 5.39 Å². The molecule has 0 aliphatic carbocycles. The SMILES string of the molecule is Cc1cccc2c(N=NC(=O)COc3ccc(-c4ccccc4)cc3)c(O)[nH]c12. The van der Waals surface area contributed by atoms with Crippen molar-refractivity contribution in [2.75, 3.05) is 6.61 Å². The zero-order chi connectivity index (χ0) is 20.2. The molecule has 1 amide bonds. The van der Waals surface area contributed by atoms with Crippen molar-refractivity contribution in [1.29, 1.82) is 0 Å². The first kappa shape index (κ1) is 18.4. The van der Waals surface area contributed by atoms with E-state index in [0.29, 0.717) is 11.1 Å². The Balaban J connectivity index is 1.41. The molecule has 1 aromatic heterocycles. The van der Waals surface area contributed by atoms with E-state index < -0.39 is 5.91 Å². The Morgan fingerprint density at radius 1 is 0.966 bits per heavy atom. The van der Waals surface area contributed by atoms with Gasteiger partial charge < -0.3 is 14.8 Å². The first-order chi connectivity index (χ1) is 14.1. The molecule has 0 aliphatic rings. The number of amides is 1. The van der Waals surface area contributed by atoms with Crippen LogP contribution in [0.3, 0.4) is 0 Å². The predicted octanol–water partition coefficient (Wildman–Crippen LogP) is 5.54. The molecule has 1 heterocycles. The van der Waals surface area contributed by atoms with Crippen molar-refractivity contribution in [1.82, 2.24) is 4.98 Å². The third kappa shape index (κ3) is 4.01. The van der Waals surface area contributed by atoms with Gasteiger partial charge in [0.25, 0.3) is 0 Å². The van der Waals surface area contributed by atoms with Gasteiger partial charge >= 0.3 is 5.91 Å². The number of aromatic nitrogens is 1. The zero-order valence-corrected chi connectivity index (χ0v) is 15.8. The van der Waals surface area contributed by atoms with E-state index in [9.17, 15) is 9.90 Å². The normalized spacial score (nSPS) is 11.2. The maximum absolute atomic E-state index is 12.0. The number of aryl methyl sites for hydroxylation is 1. The number of fused-ring (bicyclic) bond motifs is 1. The van der Waals surface area contributed by atoms with Crippen molar-refractivity contribution in [3.63, 3.8) is 0 Å². The first-order valence-corrected chi connectivity index (χ1v) is 9.15. The fraction of sp³-hybridized carbons (Fsp3) is 0.0870. The number of carbonyl (C=O) groups excluding carboxylic acids is 1. The van der Waals surface area contributed by atoms with Crippen molar-refractivity contribution in [3.05, 3.63) is 78.4 Å². The fourth-order valence-corrected chi connectivity index (χ4v) is 3.09. The number of azo groups is 1. The third-order valence-corrected chi connectivity index (χ3v) is 4.58. The maximum Gasteiger partial charge on any atom is 0.302 e. The molecule has 0 saturated carbocycles. The number of nitrogens with zero attached hydrogens (tertiary/aromatic N) is 2. The van der Waals surface area contributed by atoms with Crippen LogP contribution >= 0.6 is 0 Å². The summed E-state index contributed by atoms with van der Waals surface area (Å²) in [6.45, 7) is 1.68. The number of benzene rings is 3. The molecular formula is C23H19N3O3. The number of hydrogen-bond donors (Lipinski definition) is 2. The maximum atomic E-state index is 12.0. The minimum Gasteiger partial charge on any atom is -0.493 e. The molecule has 0 fully saturated rings. The van der Waals surface area contributed by atoms with E-state index in [0.717, 1.165) is 22.2 Å². The molecule has 0 spiro atoms. The standard InChI is InChI=1S/C23H19N3O3/c1-15-6-5-9-19-21(15)24-23(28)22(19)26-25-20(27)14-29-18-12-10-17(11-13-18)16-7-3-2-4-8-16/h2-13,24,28H,14H2,1H3. The minimum atomic E-state index is -0.543. The molecule has 0 bridgehead atoms. The highest BCUT2D eigenvalue weighted by molar-refractivity contribution is 5.96. The lowest BCUT2D eigenvalue weighted by Crippen LogP contribution is -2.07. The lowest BCUT2D eigenvalue weighted by atomic mass is 10.1. The summed E-state index contributed by atoms with van der Waals surface area (Å²) >= 11 is 0. The van der Waals surface area contributed by atoms with Gasteiger partial charge in [-0.3, -0.25) is 4.79 Å². The van der Waals surface area contributed by atoms with Crippen LogP contribution in [-0.2, 0) is 4.79 Å². The topological polar surface area (TPSA) is 87.0 Å². The van der Waals surface area contributed by atoms with Crippen LogP contribution in [0.2, 0.25) is 0 Å². The molecule has 29 heavy (non-hydrogen) atoms. The fourth-order valence-electron chi connectivity index (χ4n) is 3.09. The summed E-state index contributed by atoms with van der Waals surface area (Å²) in [6.07, 6.45) is 0. The predicted molar refractivity (Wildman–Crippen MR) is 112 cm³/mol. The van der Waals surface area contributed by atoms with Crippen molar-refractivity contribution in [2.24, 2.45) is 10.2 Å². The Labute approximate surface area is 167 Å². The van der Waals surface area contributed by atoms with E-state index in [-0.39, 0.29) is 18.2 Å². The average molecular weight is 385 g/mol. The van der Waals surface area contributed by atoms with E-state index in [4.69, 9.17) is 4.74 Å². The van der Waals surface area contributed by atoms with Gasteiger partial charge in [-0.15, -0.1) is 10.2 Å². The number of ether oxygens (including phenoxy) is 1. The second-order valence-electron chi connectivity index (χ2n) is 6.59. The molecule has 3 aromatic carbocycles. The van der Waals surface area contributed by atoms with E-state index in [1.165, 1.54) is 0 Å². The first-order valence-electron chi connectivity index (χ1n) is 9.15. The highest BCUT2D eigenvalue weighted by Gasteiger charge is 2.12. The highest BCUT2D eigenvalue weighted by Crippen LogP contribution is 2.36. The molecule has 0 radical (unpaired) electrons. The second-order valence-corrected chi connectivity index (χ2v) is 6.59. The summed E-state index contributed by atoms with van der Waals surface area (Å²) in [6, 6.07) is 23.1. The Morgan fingerprint density at radius 3 is 2.45 bits per heavy atom. The number of aromatic hydroxyl groups is 1. The monoisotopic (exact) mass is 385 g/mol. The molecule has 144 valence electrons. The van der Waals surface area contributed by atoms with Crippen LogP contribution in [-0.4, -0.2) is 22.6 Å². The number of H-pyrrole nitrogens is 1. The van der Waals surface area contributed by atoms with Gasteiger partial charge in [0.2, 0.25) is 5.88 Å². The Hall–Kier alpha value is -3.93. The number of aromatic amines is 1. The summed E-state index contributed by atoms with van der Waals surface area (Å²) < 4.78 is 5.49. The van der Waals surface area contributed by atoms with E-state index in [1.54, 1.807) is 12.1 Å². The Bertz CT molecular complexity index is 1180. The molecule has 0 saturated heterocycles. The van der Waals surface area contributed by atoms with Gasteiger partial charge in [0.1, 0.15) is 5.75 Å². The van der Waals surface area contributed by atoms with Gasteiger partial charge in [-0.25, -0.2) is 0 Å². The Kier molecular flexibility index (Phi) is 5.07. The molecule has 4 rings (SSSR count). The summed E-state index contributed by atoms with van der Waals surface area (Å²) in [5, 5.41) is 18.3. The summed E-state index contributed by atoms with van der Waals surface area (Å²) in [4.78, 5) is 14.9. The summed E-state index contributed by atoms with van der Waals surface area (Å²) in [5.41, 5.74) is 4.14. The van der Waals surface area contributed by atoms with Crippen LogP contribution in [0.15, 0.2) is 83.0 Å². The van der Waals surface area contributed by atoms with Gasteiger partial charge in [0.15, 0.2) is 12.3 Å². The third-order valence-electron chi connectivity index (χ3n) is 4.58. The van der Waals surface area contributed by atoms with Crippen LogP contribution in [0, 0.1) is 6.92 Å². The van der Waals surface area contributed by atoms with Gasteiger partial charge in [-0.1, -0.05) is 60.7 Å². The molecule has 6 nitrogen and oxygen atoms in total. The van der Waals surface area contributed by atoms with Gasteiger partial charge in [-0.05, 0) is 35.7 Å². The van der Waals surface area contributed by atoms with Gasteiger partial charge in [-0.2, -0.15) is 0 Å². The zero-order valence-electron chi connectivity index (χ0n) is 15.8. The second kappa shape index (κ2) is 7.98. The van der Waals surface area contributed by atoms with E-state index in [2.05, 4.69) is 15.2 Å².